The van der Waals surface area contributed by atoms with Crippen LogP contribution in [0.25, 0.3) is 0 Å². The van der Waals surface area contributed by atoms with Crippen molar-refractivity contribution in [3.8, 4) is 5.75 Å². The van der Waals surface area contributed by atoms with Crippen molar-refractivity contribution in [2.24, 2.45) is 5.73 Å². The lowest BCUT2D eigenvalue weighted by molar-refractivity contribution is -0.143. The Morgan fingerprint density at radius 2 is 2.31 bits per heavy atom. The zero-order chi connectivity index (χ0) is 12.0. The third kappa shape index (κ3) is 3.40. The number of carbonyl (C=O) groups excluding carboxylic acids is 1. The molecule has 0 heterocycles. The van der Waals surface area contributed by atoms with Gasteiger partial charge in [-0.3, -0.25) is 4.79 Å². The molecule has 0 aliphatic rings. The highest BCUT2D eigenvalue weighted by atomic mass is 16.5. The van der Waals surface area contributed by atoms with Gasteiger partial charge in [-0.15, -0.1) is 6.58 Å². The van der Waals surface area contributed by atoms with Gasteiger partial charge in [-0.05, 0) is 24.1 Å². The first-order chi connectivity index (χ1) is 7.67. The molecule has 0 unspecified atom stereocenters. The third-order valence-electron chi connectivity index (χ3n) is 2.08. The van der Waals surface area contributed by atoms with Gasteiger partial charge < -0.3 is 15.6 Å². The number of hydrogen-bond donors (Lipinski definition) is 2. The van der Waals surface area contributed by atoms with Crippen molar-refractivity contribution in [2.75, 3.05) is 6.54 Å². The van der Waals surface area contributed by atoms with Crippen molar-refractivity contribution in [1.82, 2.24) is 0 Å². The fourth-order valence-electron chi connectivity index (χ4n) is 1.27. The zero-order valence-electron chi connectivity index (χ0n) is 8.98. The predicted molar refractivity (Wildman–Crippen MR) is 60.9 cm³/mol. The highest BCUT2D eigenvalue weighted by Gasteiger charge is 2.05. The van der Waals surface area contributed by atoms with E-state index in [2.05, 4.69) is 6.58 Å². The van der Waals surface area contributed by atoms with E-state index in [1.807, 2.05) is 0 Å². The SMILES string of the molecule is C=CCc1ccc(O)c(COC(=O)CN)c1. The molecule has 3 N–H and O–H groups in total. The Labute approximate surface area is 94.3 Å². The smallest absolute Gasteiger partial charge is 0.320 e. The minimum Gasteiger partial charge on any atom is -0.508 e. The molecule has 0 aliphatic carbocycles. The quantitative estimate of drug-likeness (QED) is 0.577. The highest BCUT2D eigenvalue weighted by Crippen LogP contribution is 2.19. The van der Waals surface area contributed by atoms with Gasteiger partial charge in [0.1, 0.15) is 12.4 Å². The van der Waals surface area contributed by atoms with Crippen LogP contribution in [0.15, 0.2) is 30.9 Å². The monoisotopic (exact) mass is 221 g/mol. The molecule has 0 saturated carbocycles. The maximum Gasteiger partial charge on any atom is 0.320 e. The van der Waals surface area contributed by atoms with Gasteiger partial charge in [-0.1, -0.05) is 12.1 Å². The van der Waals surface area contributed by atoms with E-state index in [9.17, 15) is 9.90 Å². The average Bonchev–Trinajstić information content (AvgIpc) is 2.29. The molecular formula is C12H15NO3. The molecule has 4 nitrogen and oxygen atoms in total. The molecule has 0 fully saturated rings. The van der Waals surface area contributed by atoms with Gasteiger partial charge in [0, 0.05) is 5.56 Å². The van der Waals surface area contributed by atoms with Crippen molar-refractivity contribution < 1.29 is 14.6 Å². The number of phenolic OH excluding ortho intramolecular Hbond substituents is 1. The summed E-state index contributed by atoms with van der Waals surface area (Å²) in [5.74, 6) is -0.383. The van der Waals surface area contributed by atoms with Crippen LogP contribution in [-0.4, -0.2) is 17.6 Å². The molecular weight excluding hydrogens is 206 g/mol. The van der Waals surface area contributed by atoms with E-state index >= 15 is 0 Å². The standard InChI is InChI=1S/C12H15NO3/c1-2-3-9-4-5-11(14)10(6-9)8-16-12(15)7-13/h2,4-6,14H,1,3,7-8,13H2. The number of rotatable bonds is 5. The lowest BCUT2D eigenvalue weighted by Crippen LogP contribution is -2.16. The third-order valence-corrected chi connectivity index (χ3v) is 2.08. The summed E-state index contributed by atoms with van der Waals surface area (Å²) in [6, 6.07) is 5.15. The number of esters is 1. The second kappa shape index (κ2) is 5.92. The molecule has 0 amide bonds. The molecule has 0 radical (unpaired) electrons. The van der Waals surface area contributed by atoms with E-state index in [0.29, 0.717) is 12.0 Å². The van der Waals surface area contributed by atoms with Crippen molar-refractivity contribution in [3.05, 3.63) is 42.0 Å². The second-order valence-electron chi connectivity index (χ2n) is 3.32. The summed E-state index contributed by atoms with van der Waals surface area (Å²) < 4.78 is 4.84. The highest BCUT2D eigenvalue weighted by molar-refractivity contribution is 5.71. The summed E-state index contributed by atoms with van der Waals surface area (Å²) in [5, 5.41) is 9.54. The van der Waals surface area contributed by atoms with Gasteiger partial charge in [-0.2, -0.15) is 0 Å². The molecule has 1 aromatic carbocycles. The van der Waals surface area contributed by atoms with Crippen molar-refractivity contribution in [2.45, 2.75) is 13.0 Å². The number of aromatic hydroxyl groups is 1. The van der Waals surface area contributed by atoms with E-state index in [-0.39, 0.29) is 18.9 Å². The van der Waals surface area contributed by atoms with Crippen LogP contribution >= 0.6 is 0 Å². The van der Waals surface area contributed by atoms with Crippen LogP contribution in [0.2, 0.25) is 0 Å². The molecule has 0 bridgehead atoms. The summed E-state index contributed by atoms with van der Waals surface area (Å²) in [6.45, 7) is 3.51. The molecule has 0 aromatic heterocycles. The lowest BCUT2D eigenvalue weighted by Gasteiger charge is -2.07. The Bertz CT molecular complexity index is 388. The lowest BCUT2D eigenvalue weighted by atomic mass is 10.1. The largest absolute Gasteiger partial charge is 0.508 e. The van der Waals surface area contributed by atoms with Crippen molar-refractivity contribution >= 4 is 5.97 Å². The predicted octanol–water partition coefficient (Wildman–Crippen LogP) is 1.12. The Morgan fingerprint density at radius 1 is 1.56 bits per heavy atom. The molecule has 1 aromatic rings. The Morgan fingerprint density at radius 3 is 2.94 bits per heavy atom. The average molecular weight is 221 g/mol. The van der Waals surface area contributed by atoms with E-state index in [1.165, 1.54) is 0 Å². The summed E-state index contributed by atoms with van der Waals surface area (Å²) in [7, 11) is 0. The Kier molecular flexibility index (Phi) is 4.54. The Hall–Kier alpha value is -1.81. The normalized spacial score (nSPS) is 9.81. The molecule has 0 atom stereocenters. The zero-order valence-corrected chi connectivity index (χ0v) is 8.98. The van der Waals surface area contributed by atoms with E-state index < -0.39 is 5.97 Å². The number of allylic oxidation sites excluding steroid dienone is 1. The molecule has 86 valence electrons. The van der Waals surface area contributed by atoms with Crippen LogP contribution < -0.4 is 5.73 Å². The summed E-state index contributed by atoms with van der Waals surface area (Å²) in [5.41, 5.74) is 6.68. The van der Waals surface area contributed by atoms with Gasteiger partial charge >= 0.3 is 5.97 Å². The van der Waals surface area contributed by atoms with E-state index in [1.54, 1.807) is 24.3 Å². The fraction of sp³-hybridized carbons (Fsp3) is 0.250. The first-order valence-electron chi connectivity index (χ1n) is 4.94. The maximum absolute atomic E-state index is 10.9. The van der Waals surface area contributed by atoms with E-state index in [0.717, 1.165) is 5.56 Å². The summed E-state index contributed by atoms with van der Waals surface area (Å²) in [4.78, 5) is 10.9. The van der Waals surface area contributed by atoms with Gasteiger partial charge in [-0.25, -0.2) is 0 Å². The van der Waals surface area contributed by atoms with Crippen LogP contribution in [0.1, 0.15) is 11.1 Å². The Balaban J connectivity index is 2.73. The number of ether oxygens (including phenoxy) is 1. The van der Waals surface area contributed by atoms with Gasteiger partial charge in [0.2, 0.25) is 0 Å². The van der Waals surface area contributed by atoms with Crippen LogP contribution in [0.3, 0.4) is 0 Å². The van der Waals surface area contributed by atoms with E-state index in [4.69, 9.17) is 10.5 Å². The second-order valence-corrected chi connectivity index (χ2v) is 3.32. The fourth-order valence-corrected chi connectivity index (χ4v) is 1.27. The van der Waals surface area contributed by atoms with Crippen LogP contribution in [-0.2, 0) is 22.6 Å². The van der Waals surface area contributed by atoms with Crippen LogP contribution in [0.4, 0.5) is 0 Å². The molecule has 0 saturated heterocycles. The molecule has 0 aliphatic heterocycles. The molecule has 4 heteroatoms. The van der Waals surface area contributed by atoms with Gasteiger partial charge in [0.05, 0.1) is 6.54 Å². The number of benzene rings is 1. The van der Waals surface area contributed by atoms with Crippen LogP contribution in [0.5, 0.6) is 5.75 Å². The molecule has 1 rings (SSSR count). The van der Waals surface area contributed by atoms with Crippen molar-refractivity contribution in [1.29, 1.82) is 0 Å². The van der Waals surface area contributed by atoms with Gasteiger partial charge in [0.25, 0.3) is 0 Å². The minimum atomic E-state index is -0.492. The maximum atomic E-state index is 10.9. The number of phenols is 1. The first-order valence-corrected chi connectivity index (χ1v) is 4.94. The number of nitrogens with two attached hydrogens (primary N) is 1. The van der Waals surface area contributed by atoms with Gasteiger partial charge in [0.15, 0.2) is 0 Å². The number of hydrogen-bond acceptors (Lipinski definition) is 4. The summed E-state index contributed by atoms with van der Waals surface area (Å²) in [6.07, 6.45) is 2.47. The topological polar surface area (TPSA) is 72.5 Å². The van der Waals surface area contributed by atoms with Crippen molar-refractivity contribution in [3.63, 3.8) is 0 Å². The summed E-state index contributed by atoms with van der Waals surface area (Å²) >= 11 is 0. The van der Waals surface area contributed by atoms with Crippen LogP contribution in [0, 0.1) is 0 Å². The number of carbonyl (C=O) groups is 1. The minimum absolute atomic E-state index is 0.0346. The molecule has 16 heavy (non-hydrogen) atoms. The first kappa shape index (κ1) is 12.3. The molecule has 0 spiro atoms.